The zero-order chi connectivity index (χ0) is 12.0. The molecule has 1 fully saturated rings. The molecule has 2 aliphatic rings. The minimum atomic E-state index is 0.440. The van der Waals surface area contributed by atoms with Crippen molar-refractivity contribution in [3.8, 4) is 0 Å². The molecule has 0 spiro atoms. The molecular formula is C16H23N. The van der Waals surface area contributed by atoms with Crippen molar-refractivity contribution < 1.29 is 0 Å². The second kappa shape index (κ2) is 3.76. The average molecular weight is 229 g/mol. The van der Waals surface area contributed by atoms with E-state index in [4.69, 9.17) is 0 Å². The molecular weight excluding hydrogens is 206 g/mol. The molecule has 1 aliphatic carbocycles. The standard InChI is InChI=1S/C16H23N/c1-16(2,3)14-9-12-5-6-15(11-13(12)10-14)17-7-4-8-17/h5-6,11,14H,4,7-10H2,1-3H3. The maximum atomic E-state index is 2.49. The molecule has 1 nitrogen and oxygen atoms in total. The Hall–Kier alpha value is -0.980. The van der Waals surface area contributed by atoms with Gasteiger partial charge in [0.2, 0.25) is 0 Å². The highest BCUT2D eigenvalue weighted by Gasteiger charge is 2.31. The fourth-order valence-corrected chi connectivity index (χ4v) is 2.99. The van der Waals surface area contributed by atoms with E-state index in [-0.39, 0.29) is 0 Å². The van der Waals surface area contributed by atoms with Crippen LogP contribution in [0, 0.1) is 11.3 Å². The molecule has 0 radical (unpaired) electrons. The fourth-order valence-electron chi connectivity index (χ4n) is 2.99. The van der Waals surface area contributed by atoms with Gasteiger partial charge in [0.1, 0.15) is 0 Å². The van der Waals surface area contributed by atoms with Gasteiger partial charge in [0.05, 0.1) is 0 Å². The molecule has 1 heterocycles. The molecule has 0 aromatic heterocycles. The molecule has 1 saturated heterocycles. The second-order valence-corrected chi connectivity index (χ2v) is 6.76. The lowest BCUT2D eigenvalue weighted by atomic mass is 9.79. The second-order valence-electron chi connectivity index (χ2n) is 6.76. The predicted octanol–water partition coefficient (Wildman–Crippen LogP) is 3.66. The smallest absolute Gasteiger partial charge is 0.0369 e. The Kier molecular flexibility index (Phi) is 2.46. The summed E-state index contributed by atoms with van der Waals surface area (Å²) >= 11 is 0. The van der Waals surface area contributed by atoms with E-state index in [9.17, 15) is 0 Å². The molecule has 1 unspecified atom stereocenters. The molecule has 17 heavy (non-hydrogen) atoms. The number of benzene rings is 1. The normalized spacial score (nSPS) is 23.5. The lowest BCUT2D eigenvalue weighted by Gasteiger charge is -2.33. The summed E-state index contributed by atoms with van der Waals surface area (Å²) in [5.41, 5.74) is 5.09. The van der Waals surface area contributed by atoms with E-state index in [1.807, 2.05) is 0 Å². The Bertz CT molecular complexity index is 424. The van der Waals surface area contributed by atoms with Gasteiger partial charge in [0, 0.05) is 18.8 Å². The van der Waals surface area contributed by atoms with Gasteiger partial charge in [-0.1, -0.05) is 26.8 Å². The maximum Gasteiger partial charge on any atom is 0.0369 e. The van der Waals surface area contributed by atoms with Gasteiger partial charge in [-0.15, -0.1) is 0 Å². The minimum absolute atomic E-state index is 0.440. The van der Waals surface area contributed by atoms with E-state index in [1.165, 1.54) is 38.0 Å². The van der Waals surface area contributed by atoms with E-state index in [1.54, 1.807) is 11.1 Å². The van der Waals surface area contributed by atoms with Crippen LogP contribution < -0.4 is 4.90 Å². The van der Waals surface area contributed by atoms with Crippen molar-refractivity contribution in [1.82, 2.24) is 0 Å². The van der Waals surface area contributed by atoms with Gasteiger partial charge in [-0.3, -0.25) is 0 Å². The quantitative estimate of drug-likeness (QED) is 0.710. The molecule has 1 atom stereocenters. The van der Waals surface area contributed by atoms with Crippen LogP contribution in [0.2, 0.25) is 0 Å². The van der Waals surface area contributed by atoms with Crippen LogP contribution in [0.3, 0.4) is 0 Å². The number of rotatable bonds is 1. The first kappa shape index (κ1) is 11.1. The predicted molar refractivity (Wildman–Crippen MR) is 73.6 cm³/mol. The summed E-state index contributed by atoms with van der Waals surface area (Å²) in [4.78, 5) is 2.49. The molecule has 0 bridgehead atoms. The number of hydrogen-bond donors (Lipinski definition) is 0. The summed E-state index contributed by atoms with van der Waals surface area (Å²) in [5, 5.41) is 0. The summed E-state index contributed by atoms with van der Waals surface area (Å²) < 4.78 is 0. The number of fused-ring (bicyclic) bond motifs is 1. The third kappa shape index (κ3) is 1.96. The highest BCUT2D eigenvalue weighted by atomic mass is 15.2. The van der Waals surface area contributed by atoms with Crippen LogP contribution in [-0.4, -0.2) is 13.1 Å². The van der Waals surface area contributed by atoms with Crippen molar-refractivity contribution in [2.45, 2.75) is 40.0 Å². The lowest BCUT2D eigenvalue weighted by Crippen LogP contribution is -2.36. The van der Waals surface area contributed by atoms with Crippen LogP contribution in [0.15, 0.2) is 18.2 Å². The third-order valence-corrected chi connectivity index (χ3v) is 4.57. The van der Waals surface area contributed by atoms with Gasteiger partial charge in [0.25, 0.3) is 0 Å². The highest BCUT2D eigenvalue weighted by molar-refractivity contribution is 5.53. The van der Waals surface area contributed by atoms with Gasteiger partial charge >= 0.3 is 0 Å². The van der Waals surface area contributed by atoms with Crippen LogP contribution in [0.1, 0.15) is 38.3 Å². The summed E-state index contributed by atoms with van der Waals surface area (Å²) in [7, 11) is 0. The van der Waals surface area contributed by atoms with E-state index in [0.717, 1.165) is 5.92 Å². The number of anilines is 1. The SMILES string of the molecule is CC(C)(C)C1Cc2ccc(N3CCC3)cc2C1. The average Bonchev–Trinajstić information content (AvgIpc) is 2.57. The van der Waals surface area contributed by atoms with Crippen molar-refractivity contribution in [3.63, 3.8) is 0 Å². The Morgan fingerprint density at radius 2 is 1.76 bits per heavy atom. The molecule has 1 aromatic rings. The van der Waals surface area contributed by atoms with Gasteiger partial charge in [-0.25, -0.2) is 0 Å². The maximum absolute atomic E-state index is 2.49. The Balaban J connectivity index is 1.83. The monoisotopic (exact) mass is 229 g/mol. The summed E-state index contributed by atoms with van der Waals surface area (Å²) in [6.07, 6.45) is 3.92. The van der Waals surface area contributed by atoms with E-state index in [2.05, 4.69) is 43.9 Å². The summed E-state index contributed by atoms with van der Waals surface area (Å²) in [6.45, 7) is 9.63. The van der Waals surface area contributed by atoms with E-state index >= 15 is 0 Å². The Morgan fingerprint density at radius 3 is 2.35 bits per heavy atom. The fraction of sp³-hybridized carbons (Fsp3) is 0.625. The first-order valence-electron chi connectivity index (χ1n) is 6.91. The van der Waals surface area contributed by atoms with Gasteiger partial charge in [0.15, 0.2) is 0 Å². The molecule has 1 aromatic carbocycles. The van der Waals surface area contributed by atoms with Gasteiger partial charge < -0.3 is 4.90 Å². The van der Waals surface area contributed by atoms with Crippen LogP contribution in [0.5, 0.6) is 0 Å². The summed E-state index contributed by atoms with van der Waals surface area (Å²) in [6, 6.07) is 7.14. The molecule has 92 valence electrons. The number of hydrogen-bond acceptors (Lipinski definition) is 1. The van der Waals surface area contributed by atoms with Gasteiger partial charge in [-0.05, 0) is 53.9 Å². The number of nitrogens with zero attached hydrogens (tertiary/aromatic N) is 1. The van der Waals surface area contributed by atoms with Crippen molar-refractivity contribution in [2.24, 2.45) is 11.3 Å². The highest BCUT2D eigenvalue weighted by Crippen LogP contribution is 2.39. The van der Waals surface area contributed by atoms with Crippen molar-refractivity contribution in [1.29, 1.82) is 0 Å². The molecule has 0 N–H and O–H groups in total. The topological polar surface area (TPSA) is 3.24 Å². The lowest BCUT2D eigenvalue weighted by molar-refractivity contribution is 0.251. The molecule has 0 saturated carbocycles. The van der Waals surface area contributed by atoms with Crippen molar-refractivity contribution >= 4 is 5.69 Å². The van der Waals surface area contributed by atoms with Crippen LogP contribution >= 0.6 is 0 Å². The zero-order valence-electron chi connectivity index (χ0n) is 11.3. The van der Waals surface area contributed by atoms with Gasteiger partial charge in [-0.2, -0.15) is 0 Å². The van der Waals surface area contributed by atoms with E-state index in [0.29, 0.717) is 5.41 Å². The molecule has 1 aliphatic heterocycles. The first-order valence-corrected chi connectivity index (χ1v) is 6.91. The largest absolute Gasteiger partial charge is 0.371 e. The van der Waals surface area contributed by atoms with Crippen LogP contribution in [-0.2, 0) is 12.8 Å². The van der Waals surface area contributed by atoms with Crippen LogP contribution in [0.25, 0.3) is 0 Å². The summed E-state index contributed by atoms with van der Waals surface area (Å²) in [5.74, 6) is 0.823. The zero-order valence-corrected chi connectivity index (χ0v) is 11.3. The van der Waals surface area contributed by atoms with Crippen molar-refractivity contribution in [3.05, 3.63) is 29.3 Å². The van der Waals surface area contributed by atoms with Crippen molar-refractivity contribution in [2.75, 3.05) is 18.0 Å². The molecule has 0 amide bonds. The first-order chi connectivity index (χ1) is 8.04. The van der Waals surface area contributed by atoms with E-state index < -0.39 is 0 Å². The molecule has 3 rings (SSSR count). The third-order valence-electron chi connectivity index (χ3n) is 4.57. The Morgan fingerprint density at radius 1 is 1.06 bits per heavy atom. The Labute approximate surface area is 105 Å². The minimum Gasteiger partial charge on any atom is -0.371 e. The van der Waals surface area contributed by atoms with Crippen LogP contribution in [0.4, 0.5) is 5.69 Å². The molecule has 1 heteroatoms.